The maximum Gasteiger partial charge on any atom is 0.333 e. The molecule has 0 saturated carbocycles. The van der Waals surface area contributed by atoms with Gasteiger partial charge >= 0.3 is 5.97 Å². The van der Waals surface area contributed by atoms with E-state index in [2.05, 4.69) is 152 Å². The SMILES string of the molecule is C=C(C)C(=O)OCCn1c(-c2ccccc2)c(C(c2ccc(N(CC)CC)cc2)c2ccc(N(CC)CC)cc2)c2ccccc21. The fraction of sp³-hybridized carbons (Fsp3) is 0.293. The summed E-state index contributed by atoms with van der Waals surface area (Å²) in [6.45, 7) is 18.9. The van der Waals surface area contributed by atoms with Crippen LogP contribution in [0.5, 0.6) is 0 Å². The third kappa shape index (κ3) is 6.74. The molecule has 0 aliphatic rings. The molecular formula is C41H47N3O2. The summed E-state index contributed by atoms with van der Waals surface area (Å²) in [5, 5.41) is 1.19. The van der Waals surface area contributed by atoms with Gasteiger partial charge in [-0.25, -0.2) is 4.79 Å². The number of hydrogen-bond acceptors (Lipinski definition) is 4. The third-order valence-electron chi connectivity index (χ3n) is 8.95. The molecule has 5 heteroatoms. The second-order valence-corrected chi connectivity index (χ2v) is 11.7. The predicted octanol–water partition coefficient (Wildman–Crippen LogP) is 9.30. The zero-order valence-corrected chi connectivity index (χ0v) is 28.0. The Morgan fingerprint density at radius 2 is 1.22 bits per heavy atom. The van der Waals surface area contributed by atoms with E-state index in [0.29, 0.717) is 12.1 Å². The minimum absolute atomic E-state index is 0.0316. The van der Waals surface area contributed by atoms with Crippen molar-refractivity contribution in [2.24, 2.45) is 0 Å². The van der Waals surface area contributed by atoms with E-state index in [4.69, 9.17) is 4.74 Å². The van der Waals surface area contributed by atoms with Gasteiger partial charge in [-0.1, -0.05) is 79.4 Å². The van der Waals surface area contributed by atoms with Gasteiger partial charge in [-0.05, 0) is 87.2 Å². The van der Waals surface area contributed by atoms with Crippen LogP contribution >= 0.6 is 0 Å². The molecule has 46 heavy (non-hydrogen) atoms. The molecule has 0 saturated heterocycles. The number of hydrogen-bond donors (Lipinski definition) is 0. The Kier molecular flexibility index (Phi) is 10.6. The van der Waals surface area contributed by atoms with E-state index >= 15 is 0 Å². The lowest BCUT2D eigenvalue weighted by Crippen LogP contribution is -2.22. The van der Waals surface area contributed by atoms with E-state index in [0.717, 1.165) is 43.0 Å². The van der Waals surface area contributed by atoms with Crippen molar-refractivity contribution in [1.29, 1.82) is 0 Å². The number of carbonyl (C=O) groups is 1. The van der Waals surface area contributed by atoms with Crippen molar-refractivity contribution in [2.75, 3.05) is 42.6 Å². The molecule has 0 atom stereocenters. The molecule has 0 bridgehead atoms. The van der Waals surface area contributed by atoms with Gasteiger partial charge in [0.25, 0.3) is 0 Å². The van der Waals surface area contributed by atoms with Crippen molar-refractivity contribution < 1.29 is 9.53 Å². The maximum atomic E-state index is 12.3. The number of aromatic nitrogens is 1. The van der Waals surface area contributed by atoms with Gasteiger partial charge in [-0.3, -0.25) is 0 Å². The van der Waals surface area contributed by atoms with E-state index in [-0.39, 0.29) is 18.5 Å². The second-order valence-electron chi connectivity index (χ2n) is 11.7. The Morgan fingerprint density at radius 3 is 1.72 bits per heavy atom. The van der Waals surface area contributed by atoms with Gasteiger partial charge in [-0.2, -0.15) is 0 Å². The summed E-state index contributed by atoms with van der Waals surface area (Å²) in [5.41, 5.74) is 9.97. The molecule has 238 valence electrons. The highest BCUT2D eigenvalue weighted by Gasteiger charge is 2.28. The Hall–Kier alpha value is -4.77. The molecule has 1 aromatic heterocycles. The van der Waals surface area contributed by atoms with Gasteiger partial charge in [0.1, 0.15) is 6.61 Å². The smallest absolute Gasteiger partial charge is 0.333 e. The number of esters is 1. The van der Waals surface area contributed by atoms with Gasteiger partial charge in [-0.15, -0.1) is 0 Å². The van der Waals surface area contributed by atoms with Gasteiger partial charge in [0, 0.05) is 59.9 Å². The molecular weight excluding hydrogens is 566 g/mol. The molecule has 0 aliphatic heterocycles. The molecule has 5 nitrogen and oxygen atoms in total. The highest BCUT2D eigenvalue weighted by atomic mass is 16.5. The molecule has 4 aromatic carbocycles. The molecule has 1 heterocycles. The number of benzene rings is 4. The average molecular weight is 614 g/mol. The van der Waals surface area contributed by atoms with E-state index in [1.54, 1.807) is 6.92 Å². The number of ether oxygens (including phenoxy) is 1. The van der Waals surface area contributed by atoms with Crippen molar-refractivity contribution in [2.45, 2.75) is 47.1 Å². The van der Waals surface area contributed by atoms with E-state index in [9.17, 15) is 4.79 Å². The first-order chi connectivity index (χ1) is 22.4. The Bertz CT molecular complexity index is 1690. The van der Waals surface area contributed by atoms with Crippen molar-refractivity contribution in [1.82, 2.24) is 4.57 Å². The Morgan fingerprint density at radius 1 is 0.717 bits per heavy atom. The van der Waals surface area contributed by atoms with Crippen molar-refractivity contribution in [3.8, 4) is 11.3 Å². The summed E-state index contributed by atoms with van der Waals surface area (Å²) < 4.78 is 7.96. The van der Waals surface area contributed by atoms with Gasteiger partial charge in [0.05, 0.1) is 12.2 Å². The maximum absolute atomic E-state index is 12.3. The number of fused-ring (bicyclic) bond motifs is 1. The van der Waals surface area contributed by atoms with Gasteiger partial charge in [0.2, 0.25) is 0 Å². The van der Waals surface area contributed by atoms with E-state index in [1.807, 2.05) is 0 Å². The summed E-state index contributed by atoms with van der Waals surface area (Å²) >= 11 is 0. The molecule has 0 unspecified atom stereocenters. The highest BCUT2D eigenvalue weighted by molar-refractivity contribution is 5.94. The first-order valence-corrected chi connectivity index (χ1v) is 16.6. The lowest BCUT2D eigenvalue weighted by molar-refractivity contribution is -0.139. The Balaban J connectivity index is 1.75. The van der Waals surface area contributed by atoms with Gasteiger partial charge in [0.15, 0.2) is 0 Å². The molecule has 0 aliphatic carbocycles. The van der Waals surface area contributed by atoms with Crippen LogP contribution in [-0.4, -0.2) is 43.3 Å². The van der Waals surface area contributed by atoms with E-state index < -0.39 is 0 Å². The normalized spacial score (nSPS) is 11.2. The average Bonchev–Trinajstić information content (AvgIpc) is 3.41. The number of carbonyl (C=O) groups excluding carboxylic acids is 1. The minimum atomic E-state index is -0.364. The second kappa shape index (κ2) is 15.0. The Labute approximate surface area is 274 Å². The molecule has 0 spiro atoms. The summed E-state index contributed by atoms with van der Waals surface area (Å²) in [4.78, 5) is 17.1. The summed E-state index contributed by atoms with van der Waals surface area (Å²) in [5.74, 6) is -0.395. The zero-order valence-electron chi connectivity index (χ0n) is 28.0. The van der Waals surface area contributed by atoms with E-state index in [1.165, 1.54) is 33.5 Å². The van der Waals surface area contributed by atoms with Crippen LogP contribution < -0.4 is 9.80 Å². The summed E-state index contributed by atoms with van der Waals surface area (Å²) in [6, 6.07) is 37.5. The quantitative estimate of drug-likeness (QED) is 0.0924. The number of anilines is 2. The molecule has 0 N–H and O–H groups in total. The number of nitrogens with zero attached hydrogens (tertiary/aromatic N) is 3. The van der Waals surface area contributed by atoms with Crippen molar-refractivity contribution >= 4 is 28.2 Å². The standard InChI is InChI=1S/C41H47N3O2/c1-7-42(8-2)34-24-20-31(21-25-34)38(32-22-26-35(27-23-32)43(9-3)10-4)39-36-18-14-15-19-37(36)44(28-29-46-41(45)30(5)6)40(39)33-16-12-11-13-17-33/h11-27,38H,5,7-10,28-29H2,1-4,6H3. The lowest BCUT2D eigenvalue weighted by Gasteiger charge is -2.25. The van der Waals surface area contributed by atoms with Crippen LogP contribution in [0.25, 0.3) is 22.2 Å². The fourth-order valence-corrected chi connectivity index (χ4v) is 6.57. The summed E-state index contributed by atoms with van der Waals surface area (Å²) in [6.07, 6.45) is 0. The zero-order chi connectivity index (χ0) is 32.6. The highest BCUT2D eigenvalue weighted by Crippen LogP contribution is 2.44. The van der Waals surface area contributed by atoms with Crippen LogP contribution in [0, 0.1) is 0 Å². The third-order valence-corrected chi connectivity index (χ3v) is 8.95. The summed E-state index contributed by atoms with van der Waals surface area (Å²) in [7, 11) is 0. The first kappa shape index (κ1) is 32.6. The lowest BCUT2D eigenvalue weighted by atomic mass is 9.82. The van der Waals surface area contributed by atoms with Crippen LogP contribution in [0.1, 0.15) is 57.2 Å². The molecule has 5 rings (SSSR count). The van der Waals surface area contributed by atoms with Crippen LogP contribution in [0.3, 0.4) is 0 Å². The molecule has 0 amide bonds. The van der Waals surface area contributed by atoms with Crippen molar-refractivity contribution in [3.63, 3.8) is 0 Å². The fourth-order valence-electron chi connectivity index (χ4n) is 6.57. The largest absolute Gasteiger partial charge is 0.460 e. The van der Waals surface area contributed by atoms with Crippen LogP contribution in [0.2, 0.25) is 0 Å². The molecule has 0 fully saturated rings. The number of rotatable bonds is 14. The minimum Gasteiger partial charge on any atom is -0.460 e. The van der Waals surface area contributed by atoms with Gasteiger partial charge < -0.3 is 19.1 Å². The first-order valence-electron chi connectivity index (χ1n) is 16.6. The predicted molar refractivity (Wildman–Crippen MR) is 194 cm³/mol. The van der Waals surface area contributed by atoms with Crippen LogP contribution in [0.15, 0.2) is 115 Å². The monoisotopic (exact) mass is 613 g/mol. The van der Waals surface area contributed by atoms with Crippen molar-refractivity contribution in [3.05, 3.63) is 132 Å². The van der Waals surface area contributed by atoms with Crippen LogP contribution in [0.4, 0.5) is 11.4 Å². The molecule has 5 aromatic rings. The van der Waals surface area contributed by atoms with Crippen LogP contribution in [-0.2, 0) is 16.1 Å². The topological polar surface area (TPSA) is 37.7 Å². The molecule has 0 radical (unpaired) electrons. The number of para-hydroxylation sites is 1.